The number of benzene rings is 1. The van der Waals surface area contributed by atoms with Crippen LogP contribution in [0.3, 0.4) is 0 Å². The maximum atomic E-state index is 12.0. The van der Waals surface area contributed by atoms with E-state index in [9.17, 15) is 9.59 Å². The number of amides is 2. The average molecular weight is 276 g/mol. The molecule has 2 amide bonds. The van der Waals surface area contributed by atoms with Crippen LogP contribution in [0.1, 0.15) is 30.5 Å². The van der Waals surface area contributed by atoms with Gasteiger partial charge in [-0.25, -0.2) is 4.79 Å². The second-order valence-electron chi connectivity index (χ2n) is 5.40. The average Bonchev–Trinajstić information content (AvgIpc) is 2.33. The molecule has 0 aliphatic carbocycles. The van der Waals surface area contributed by atoms with Crippen molar-refractivity contribution >= 4 is 12.0 Å². The van der Waals surface area contributed by atoms with Crippen molar-refractivity contribution in [2.75, 3.05) is 13.1 Å². The summed E-state index contributed by atoms with van der Waals surface area (Å²) in [7, 11) is 0. The summed E-state index contributed by atoms with van der Waals surface area (Å²) in [6.07, 6.45) is 0.136. The van der Waals surface area contributed by atoms with Crippen LogP contribution in [0.2, 0.25) is 0 Å². The molecule has 1 aromatic rings. The number of hydrogen-bond donors (Lipinski definition) is 2. The van der Waals surface area contributed by atoms with Crippen LogP contribution in [-0.2, 0) is 4.79 Å². The summed E-state index contributed by atoms with van der Waals surface area (Å²) in [5, 5.41) is 11.6. The van der Waals surface area contributed by atoms with E-state index in [1.807, 2.05) is 38.1 Å². The highest BCUT2D eigenvalue weighted by Crippen LogP contribution is 2.21. The largest absolute Gasteiger partial charge is 0.481 e. The first-order valence-electron chi connectivity index (χ1n) is 6.80. The highest BCUT2D eigenvalue weighted by atomic mass is 16.4. The van der Waals surface area contributed by atoms with Crippen molar-refractivity contribution in [3.05, 3.63) is 35.4 Å². The van der Waals surface area contributed by atoms with Gasteiger partial charge in [0.2, 0.25) is 0 Å². The summed E-state index contributed by atoms with van der Waals surface area (Å²) in [6.45, 7) is 5.02. The van der Waals surface area contributed by atoms with Crippen molar-refractivity contribution in [3.63, 3.8) is 0 Å². The summed E-state index contributed by atoms with van der Waals surface area (Å²) in [5.41, 5.74) is 2.25. The van der Waals surface area contributed by atoms with Crippen LogP contribution in [0.5, 0.6) is 0 Å². The van der Waals surface area contributed by atoms with Gasteiger partial charge in [0.15, 0.2) is 0 Å². The number of hydrogen-bond acceptors (Lipinski definition) is 2. The molecule has 1 aromatic carbocycles. The fourth-order valence-electron chi connectivity index (χ4n) is 2.54. The Morgan fingerprint density at radius 3 is 2.65 bits per heavy atom. The molecule has 1 heterocycles. The van der Waals surface area contributed by atoms with Gasteiger partial charge in [0.25, 0.3) is 0 Å². The molecule has 108 valence electrons. The second-order valence-corrected chi connectivity index (χ2v) is 5.40. The molecule has 20 heavy (non-hydrogen) atoms. The van der Waals surface area contributed by atoms with Gasteiger partial charge in [-0.1, -0.05) is 24.3 Å². The van der Waals surface area contributed by atoms with Gasteiger partial charge in [0.05, 0.1) is 12.5 Å². The highest BCUT2D eigenvalue weighted by Gasteiger charge is 2.32. The molecule has 1 aliphatic heterocycles. The van der Waals surface area contributed by atoms with Gasteiger partial charge in [-0.2, -0.15) is 0 Å². The Bertz CT molecular complexity index is 510. The van der Waals surface area contributed by atoms with Gasteiger partial charge < -0.3 is 15.3 Å². The predicted molar refractivity (Wildman–Crippen MR) is 75.4 cm³/mol. The first-order valence-corrected chi connectivity index (χ1v) is 6.80. The molecule has 0 radical (unpaired) electrons. The molecule has 5 heteroatoms. The van der Waals surface area contributed by atoms with E-state index in [2.05, 4.69) is 5.32 Å². The zero-order chi connectivity index (χ0) is 14.7. The van der Waals surface area contributed by atoms with E-state index in [1.54, 1.807) is 4.90 Å². The molecule has 0 bridgehead atoms. The predicted octanol–water partition coefficient (Wildman–Crippen LogP) is 2.17. The molecular weight excluding hydrogens is 256 g/mol. The molecule has 2 rings (SSSR count). The van der Waals surface area contributed by atoms with Crippen LogP contribution in [0.15, 0.2) is 24.3 Å². The fourth-order valence-corrected chi connectivity index (χ4v) is 2.54. The molecule has 2 N–H and O–H groups in total. The number of rotatable bonds is 4. The number of aryl methyl sites for hydroxylation is 1. The van der Waals surface area contributed by atoms with E-state index in [1.165, 1.54) is 0 Å². The van der Waals surface area contributed by atoms with Gasteiger partial charge in [-0.3, -0.25) is 4.79 Å². The lowest BCUT2D eigenvalue weighted by Crippen LogP contribution is -2.54. The first-order chi connectivity index (χ1) is 9.47. The Balaban J connectivity index is 1.84. The molecule has 1 saturated heterocycles. The zero-order valence-corrected chi connectivity index (χ0v) is 11.8. The van der Waals surface area contributed by atoms with Gasteiger partial charge in [0.1, 0.15) is 0 Å². The summed E-state index contributed by atoms with van der Waals surface area (Å²) < 4.78 is 0. The van der Waals surface area contributed by atoms with Crippen LogP contribution in [-0.4, -0.2) is 35.1 Å². The molecule has 0 saturated carbocycles. The van der Waals surface area contributed by atoms with Gasteiger partial charge in [-0.15, -0.1) is 0 Å². The van der Waals surface area contributed by atoms with Crippen molar-refractivity contribution in [2.45, 2.75) is 26.3 Å². The highest BCUT2D eigenvalue weighted by molar-refractivity contribution is 5.76. The maximum absolute atomic E-state index is 12.0. The number of aliphatic carboxylic acids is 1. The Hall–Kier alpha value is -2.04. The van der Waals surface area contributed by atoms with Crippen LogP contribution < -0.4 is 5.32 Å². The molecule has 1 atom stereocenters. The Morgan fingerprint density at radius 2 is 2.05 bits per heavy atom. The summed E-state index contributed by atoms with van der Waals surface area (Å²) in [6, 6.07) is 7.77. The van der Waals surface area contributed by atoms with E-state index in [0.29, 0.717) is 13.1 Å². The number of carbonyl (C=O) groups is 2. The Kier molecular flexibility index (Phi) is 4.27. The quantitative estimate of drug-likeness (QED) is 0.885. The normalized spacial score (nSPS) is 16.4. The third-order valence-electron chi connectivity index (χ3n) is 3.70. The lowest BCUT2D eigenvalue weighted by atomic mass is 9.97. The number of carboxylic acid groups (broad SMARTS) is 1. The minimum absolute atomic E-state index is 0.0535. The summed E-state index contributed by atoms with van der Waals surface area (Å²) >= 11 is 0. The first kappa shape index (κ1) is 14.4. The maximum Gasteiger partial charge on any atom is 0.317 e. The van der Waals surface area contributed by atoms with Crippen molar-refractivity contribution in [1.82, 2.24) is 10.2 Å². The number of urea groups is 1. The van der Waals surface area contributed by atoms with E-state index < -0.39 is 5.97 Å². The van der Waals surface area contributed by atoms with Crippen molar-refractivity contribution in [2.24, 2.45) is 5.92 Å². The molecule has 5 nitrogen and oxygen atoms in total. The smallest absolute Gasteiger partial charge is 0.317 e. The van der Waals surface area contributed by atoms with Crippen molar-refractivity contribution < 1.29 is 14.7 Å². The number of nitrogens with zero attached hydrogens (tertiary/aromatic N) is 1. The standard InChI is InChI=1S/C15H20N2O3/c1-10-5-3-4-6-13(10)11(2)16-15(20)17-8-12(9-17)7-14(18)19/h3-6,11-12H,7-9H2,1-2H3,(H,16,20)(H,18,19). The number of likely N-dealkylation sites (tertiary alicyclic amines) is 1. The minimum Gasteiger partial charge on any atom is -0.481 e. The molecular formula is C15H20N2O3. The van der Waals surface area contributed by atoms with Crippen molar-refractivity contribution in [3.8, 4) is 0 Å². The molecule has 1 aliphatic rings. The third kappa shape index (κ3) is 3.29. The van der Waals surface area contributed by atoms with Crippen LogP contribution in [0.25, 0.3) is 0 Å². The topological polar surface area (TPSA) is 69.6 Å². The van der Waals surface area contributed by atoms with Crippen LogP contribution in [0.4, 0.5) is 4.79 Å². The minimum atomic E-state index is -0.802. The van der Waals surface area contributed by atoms with Gasteiger partial charge >= 0.3 is 12.0 Å². The van der Waals surface area contributed by atoms with E-state index in [0.717, 1.165) is 11.1 Å². The number of carbonyl (C=O) groups excluding carboxylic acids is 1. The lowest BCUT2D eigenvalue weighted by Gasteiger charge is -2.39. The number of carboxylic acids is 1. The van der Waals surface area contributed by atoms with E-state index in [-0.39, 0.29) is 24.4 Å². The number of nitrogens with one attached hydrogen (secondary N) is 1. The van der Waals surface area contributed by atoms with Gasteiger partial charge in [-0.05, 0) is 25.0 Å². The molecule has 0 aromatic heterocycles. The van der Waals surface area contributed by atoms with Gasteiger partial charge in [0, 0.05) is 19.0 Å². The van der Waals surface area contributed by atoms with E-state index >= 15 is 0 Å². The molecule has 0 spiro atoms. The summed E-state index contributed by atoms with van der Waals surface area (Å²) in [4.78, 5) is 24.2. The zero-order valence-electron chi connectivity index (χ0n) is 11.8. The second kappa shape index (κ2) is 5.94. The molecule has 1 fully saturated rings. The Labute approximate surface area is 118 Å². The molecule has 1 unspecified atom stereocenters. The van der Waals surface area contributed by atoms with Crippen LogP contribution in [0, 0.1) is 12.8 Å². The Morgan fingerprint density at radius 1 is 1.40 bits per heavy atom. The van der Waals surface area contributed by atoms with Crippen molar-refractivity contribution in [1.29, 1.82) is 0 Å². The monoisotopic (exact) mass is 276 g/mol. The lowest BCUT2D eigenvalue weighted by molar-refractivity contribution is -0.139. The fraction of sp³-hybridized carbons (Fsp3) is 0.467. The van der Waals surface area contributed by atoms with E-state index in [4.69, 9.17) is 5.11 Å². The third-order valence-corrected chi connectivity index (χ3v) is 3.70. The van der Waals surface area contributed by atoms with Crippen LogP contribution >= 0.6 is 0 Å². The summed E-state index contributed by atoms with van der Waals surface area (Å²) in [5.74, 6) is -0.713. The SMILES string of the molecule is Cc1ccccc1C(C)NC(=O)N1CC(CC(=O)O)C1.